The van der Waals surface area contributed by atoms with Crippen molar-refractivity contribution in [2.24, 2.45) is 11.8 Å². The second-order valence-electron chi connectivity index (χ2n) is 9.37. The van der Waals surface area contributed by atoms with E-state index in [0.717, 1.165) is 34.4 Å². The Labute approximate surface area is 176 Å². The maximum Gasteiger partial charge on any atom is 0.315 e. The number of carbonyl (C=O) groups excluding carboxylic acids is 1. The molecular formula is C26H28O4. The van der Waals surface area contributed by atoms with E-state index in [0.29, 0.717) is 18.6 Å². The molecule has 3 aromatic rings. The third kappa shape index (κ3) is 3.79. The van der Waals surface area contributed by atoms with Gasteiger partial charge in [-0.1, -0.05) is 76.1 Å². The number of carbonyl (C=O) groups is 2. The molecule has 4 rings (SSSR count). The lowest BCUT2D eigenvalue weighted by Crippen LogP contribution is -2.35. The highest BCUT2D eigenvalue weighted by atomic mass is 16.5. The van der Waals surface area contributed by atoms with E-state index in [1.165, 1.54) is 5.56 Å². The van der Waals surface area contributed by atoms with Gasteiger partial charge in [-0.15, -0.1) is 0 Å². The molecule has 1 saturated carbocycles. The van der Waals surface area contributed by atoms with Crippen LogP contribution in [0.25, 0.3) is 21.5 Å². The molecule has 0 spiro atoms. The first-order valence-corrected chi connectivity index (χ1v) is 10.7. The van der Waals surface area contributed by atoms with Crippen LogP contribution in [0.3, 0.4) is 0 Å². The van der Waals surface area contributed by atoms with Crippen LogP contribution in [0.5, 0.6) is 5.75 Å². The average molecular weight is 405 g/mol. The van der Waals surface area contributed by atoms with E-state index in [2.05, 4.69) is 39.0 Å². The molecule has 156 valence electrons. The minimum Gasteiger partial charge on any atom is -0.481 e. The van der Waals surface area contributed by atoms with Crippen molar-refractivity contribution in [3.63, 3.8) is 0 Å². The number of esters is 1. The highest BCUT2D eigenvalue weighted by molar-refractivity contribution is 6.07. The van der Waals surface area contributed by atoms with Crippen molar-refractivity contribution in [2.75, 3.05) is 0 Å². The Bertz CT molecular complexity index is 1120. The zero-order chi connectivity index (χ0) is 21.5. The van der Waals surface area contributed by atoms with Crippen LogP contribution in [0.2, 0.25) is 0 Å². The van der Waals surface area contributed by atoms with Gasteiger partial charge in [-0.3, -0.25) is 9.59 Å². The lowest BCUT2D eigenvalue weighted by molar-refractivity contribution is -0.153. The molecule has 4 heteroatoms. The second-order valence-corrected chi connectivity index (χ2v) is 9.37. The highest BCUT2D eigenvalue weighted by Gasteiger charge is 2.37. The third-order valence-corrected chi connectivity index (χ3v) is 6.27. The number of rotatable bonds is 3. The molecule has 30 heavy (non-hydrogen) atoms. The number of aliphatic carboxylic acids is 1. The van der Waals surface area contributed by atoms with Gasteiger partial charge in [0.1, 0.15) is 5.75 Å². The fourth-order valence-corrected chi connectivity index (χ4v) is 4.49. The first-order chi connectivity index (χ1) is 14.3. The maximum absolute atomic E-state index is 13.1. The molecule has 1 fully saturated rings. The first-order valence-electron chi connectivity index (χ1n) is 10.7. The third-order valence-electron chi connectivity index (χ3n) is 6.27. The van der Waals surface area contributed by atoms with Crippen molar-refractivity contribution in [2.45, 2.75) is 51.9 Å². The molecule has 0 amide bonds. The van der Waals surface area contributed by atoms with E-state index in [1.807, 2.05) is 30.3 Å². The molecule has 0 radical (unpaired) electrons. The van der Waals surface area contributed by atoms with Crippen LogP contribution in [-0.2, 0) is 15.0 Å². The van der Waals surface area contributed by atoms with Crippen molar-refractivity contribution in [1.29, 1.82) is 0 Å². The minimum absolute atomic E-state index is 0.00742. The summed E-state index contributed by atoms with van der Waals surface area (Å²) in [6.45, 7) is 6.52. The number of carboxylic acid groups (broad SMARTS) is 1. The van der Waals surface area contributed by atoms with Gasteiger partial charge in [-0.2, -0.15) is 0 Å². The SMILES string of the molecule is CC(C)(C)c1ccc2c(OC(=O)C3CCCCC3C(=O)O)c3ccccc3cc2c1. The molecule has 0 bridgehead atoms. The number of ether oxygens (including phenoxy) is 1. The zero-order valence-electron chi connectivity index (χ0n) is 17.8. The Balaban J connectivity index is 1.81. The van der Waals surface area contributed by atoms with Gasteiger partial charge in [0, 0.05) is 10.8 Å². The number of benzene rings is 3. The Morgan fingerprint density at radius 1 is 0.900 bits per heavy atom. The predicted octanol–water partition coefficient (Wildman–Crippen LogP) is 6.09. The summed E-state index contributed by atoms with van der Waals surface area (Å²) >= 11 is 0. The van der Waals surface area contributed by atoms with Crippen LogP contribution in [0.4, 0.5) is 0 Å². The van der Waals surface area contributed by atoms with Gasteiger partial charge in [0.15, 0.2) is 0 Å². The number of fused-ring (bicyclic) bond motifs is 2. The molecule has 1 N–H and O–H groups in total. The molecule has 0 heterocycles. The normalized spacial score (nSPS) is 19.7. The molecule has 1 aliphatic carbocycles. The van der Waals surface area contributed by atoms with E-state index in [4.69, 9.17) is 4.74 Å². The average Bonchev–Trinajstić information content (AvgIpc) is 2.72. The van der Waals surface area contributed by atoms with Gasteiger partial charge in [-0.25, -0.2) is 0 Å². The lowest BCUT2D eigenvalue weighted by Gasteiger charge is -2.27. The number of hydrogen-bond donors (Lipinski definition) is 1. The van der Waals surface area contributed by atoms with Crippen LogP contribution < -0.4 is 4.74 Å². The van der Waals surface area contributed by atoms with Gasteiger partial charge in [-0.05, 0) is 40.7 Å². The van der Waals surface area contributed by atoms with E-state index in [-0.39, 0.29) is 5.41 Å². The van der Waals surface area contributed by atoms with Crippen molar-refractivity contribution in [3.8, 4) is 5.75 Å². The summed E-state index contributed by atoms with van der Waals surface area (Å²) in [6.07, 6.45) is 2.79. The Kier molecular flexibility index (Phi) is 5.27. The van der Waals surface area contributed by atoms with Crippen molar-refractivity contribution in [3.05, 3.63) is 54.1 Å². The van der Waals surface area contributed by atoms with Crippen molar-refractivity contribution < 1.29 is 19.4 Å². The smallest absolute Gasteiger partial charge is 0.315 e. The van der Waals surface area contributed by atoms with Crippen LogP contribution >= 0.6 is 0 Å². The lowest BCUT2D eigenvalue weighted by atomic mass is 9.79. The van der Waals surface area contributed by atoms with Crippen molar-refractivity contribution in [1.82, 2.24) is 0 Å². The molecule has 2 atom stereocenters. The fraction of sp³-hybridized carbons (Fsp3) is 0.385. The quantitative estimate of drug-likeness (QED) is 0.326. The monoisotopic (exact) mass is 404 g/mol. The van der Waals surface area contributed by atoms with Gasteiger partial charge in [0.2, 0.25) is 0 Å². The zero-order valence-corrected chi connectivity index (χ0v) is 17.8. The molecule has 2 unspecified atom stereocenters. The van der Waals surface area contributed by atoms with Crippen molar-refractivity contribution >= 4 is 33.5 Å². The molecule has 0 aromatic heterocycles. The Morgan fingerprint density at radius 3 is 2.27 bits per heavy atom. The summed E-state index contributed by atoms with van der Waals surface area (Å²) in [4.78, 5) is 24.8. The molecule has 0 saturated heterocycles. The fourth-order valence-electron chi connectivity index (χ4n) is 4.49. The molecule has 0 aliphatic heterocycles. The van der Waals surface area contributed by atoms with Gasteiger partial charge < -0.3 is 9.84 Å². The summed E-state index contributed by atoms with van der Waals surface area (Å²) in [5, 5.41) is 13.3. The molecule has 3 aromatic carbocycles. The standard InChI is InChI=1S/C26H28O4/c1-26(2,3)18-12-13-20-17(15-18)14-16-8-4-5-9-19(16)23(20)30-25(29)22-11-7-6-10-21(22)24(27)28/h4-5,8-9,12-15,21-22H,6-7,10-11H2,1-3H3,(H,27,28). The summed E-state index contributed by atoms with van der Waals surface area (Å²) in [6, 6.07) is 16.2. The second kappa shape index (κ2) is 7.75. The molecular weight excluding hydrogens is 376 g/mol. The van der Waals surface area contributed by atoms with Gasteiger partial charge >= 0.3 is 11.9 Å². The topological polar surface area (TPSA) is 63.6 Å². The van der Waals surface area contributed by atoms with E-state index in [9.17, 15) is 14.7 Å². The van der Waals surface area contributed by atoms with Gasteiger partial charge in [0.05, 0.1) is 11.8 Å². The Morgan fingerprint density at radius 2 is 1.57 bits per heavy atom. The van der Waals surface area contributed by atoms with Crippen LogP contribution in [-0.4, -0.2) is 17.0 Å². The van der Waals surface area contributed by atoms with Crippen LogP contribution in [0, 0.1) is 11.8 Å². The summed E-state index contributed by atoms with van der Waals surface area (Å²) in [5.41, 5.74) is 1.22. The first kappa shape index (κ1) is 20.4. The minimum atomic E-state index is -0.908. The number of hydrogen-bond acceptors (Lipinski definition) is 3. The van der Waals surface area contributed by atoms with Crippen LogP contribution in [0.15, 0.2) is 48.5 Å². The van der Waals surface area contributed by atoms with E-state index < -0.39 is 23.8 Å². The molecule has 1 aliphatic rings. The van der Waals surface area contributed by atoms with Crippen LogP contribution in [0.1, 0.15) is 52.0 Å². The maximum atomic E-state index is 13.1. The number of carboxylic acids is 1. The predicted molar refractivity (Wildman–Crippen MR) is 119 cm³/mol. The van der Waals surface area contributed by atoms with Gasteiger partial charge in [0.25, 0.3) is 0 Å². The largest absolute Gasteiger partial charge is 0.481 e. The summed E-state index contributed by atoms with van der Waals surface area (Å²) < 4.78 is 5.98. The summed E-state index contributed by atoms with van der Waals surface area (Å²) in [5.74, 6) is -2.07. The molecule has 4 nitrogen and oxygen atoms in total. The Hall–Kier alpha value is -2.88. The van der Waals surface area contributed by atoms with E-state index >= 15 is 0 Å². The van der Waals surface area contributed by atoms with E-state index in [1.54, 1.807) is 0 Å². The summed E-state index contributed by atoms with van der Waals surface area (Å²) in [7, 11) is 0. The highest BCUT2D eigenvalue weighted by Crippen LogP contribution is 2.39.